The molecule has 2 aromatic rings. The van der Waals surface area contributed by atoms with Crippen LogP contribution in [-0.2, 0) is 16.1 Å². The smallest absolute Gasteiger partial charge is 0.249 e. The number of rotatable bonds is 8. The maximum absolute atomic E-state index is 12.6. The van der Waals surface area contributed by atoms with Crippen LogP contribution >= 0.6 is 11.6 Å². The minimum atomic E-state index is -0.0218. The first-order valence-corrected chi connectivity index (χ1v) is 9.48. The zero-order valence-corrected chi connectivity index (χ0v) is 17.7. The van der Waals surface area contributed by atoms with Crippen LogP contribution in [0.1, 0.15) is 31.5 Å². The standard InChI is InChI=1S/C20H29ClN4O2/c1-7-14(2)24(19(26)13-27-6)12-18-15(3)22-25(20(18)23(4)5)17-10-8-9-16(21)11-17/h8-11,14H,7,12-13H2,1-6H3. The fraction of sp³-hybridized carbons (Fsp3) is 0.500. The van der Waals surface area contributed by atoms with Crippen molar-refractivity contribution < 1.29 is 9.53 Å². The Morgan fingerprint density at radius 3 is 2.63 bits per heavy atom. The van der Waals surface area contributed by atoms with Crippen molar-refractivity contribution in [3.05, 3.63) is 40.5 Å². The Balaban J connectivity index is 2.51. The van der Waals surface area contributed by atoms with Crippen molar-refractivity contribution in [3.8, 4) is 5.69 Å². The molecule has 6 nitrogen and oxygen atoms in total. The lowest BCUT2D eigenvalue weighted by Crippen LogP contribution is -2.40. The van der Waals surface area contributed by atoms with E-state index in [0.29, 0.717) is 11.6 Å². The Bertz CT molecular complexity index is 788. The number of anilines is 1. The van der Waals surface area contributed by atoms with E-state index in [0.717, 1.165) is 29.2 Å². The Kier molecular flexibility index (Phi) is 7.27. The van der Waals surface area contributed by atoms with Crippen LogP contribution in [0.25, 0.3) is 5.69 Å². The maximum Gasteiger partial charge on any atom is 0.249 e. The Morgan fingerprint density at radius 2 is 2.07 bits per heavy atom. The van der Waals surface area contributed by atoms with Crippen molar-refractivity contribution in [1.82, 2.24) is 14.7 Å². The van der Waals surface area contributed by atoms with Gasteiger partial charge in [-0.15, -0.1) is 0 Å². The molecule has 0 fully saturated rings. The SMILES string of the molecule is CCC(C)N(Cc1c(C)nn(-c2cccc(Cl)c2)c1N(C)C)C(=O)COC. The van der Waals surface area contributed by atoms with E-state index in [2.05, 4.69) is 13.8 Å². The molecule has 148 valence electrons. The molecule has 1 aromatic heterocycles. The van der Waals surface area contributed by atoms with Gasteiger partial charge in [-0.25, -0.2) is 4.68 Å². The number of aromatic nitrogens is 2. The highest BCUT2D eigenvalue weighted by atomic mass is 35.5. The highest BCUT2D eigenvalue weighted by Crippen LogP contribution is 2.29. The molecule has 1 amide bonds. The van der Waals surface area contributed by atoms with Gasteiger partial charge in [0.1, 0.15) is 12.4 Å². The monoisotopic (exact) mass is 392 g/mol. The van der Waals surface area contributed by atoms with Crippen LogP contribution in [0.4, 0.5) is 5.82 Å². The molecule has 0 saturated carbocycles. The zero-order chi connectivity index (χ0) is 20.1. The molecule has 1 aromatic carbocycles. The first-order chi connectivity index (χ1) is 12.8. The second-order valence-corrected chi connectivity index (χ2v) is 7.32. The van der Waals surface area contributed by atoms with Crippen LogP contribution in [0.15, 0.2) is 24.3 Å². The minimum Gasteiger partial charge on any atom is -0.375 e. The number of benzene rings is 1. The number of hydrogen-bond acceptors (Lipinski definition) is 4. The average molecular weight is 393 g/mol. The first kappa shape index (κ1) is 21.3. The van der Waals surface area contributed by atoms with E-state index in [1.807, 2.05) is 59.8 Å². The summed E-state index contributed by atoms with van der Waals surface area (Å²) in [6.45, 7) is 6.66. The molecule has 0 N–H and O–H groups in total. The van der Waals surface area contributed by atoms with Gasteiger partial charge in [-0.2, -0.15) is 5.10 Å². The number of methoxy groups -OCH3 is 1. The van der Waals surface area contributed by atoms with Crippen molar-refractivity contribution >= 4 is 23.3 Å². The molecule has 0 aliphatic heterocycles. The number of carbonyl (C=O) groups is 1. The van der Waals surface area contributed by atoms with E-state index < -0.39 is 0 Å². The predicted molar refractivity (Wildman–Crippen MR) is 110 cm³/mol. The van der Waals surface area contributed by atoms with Gasteiger partial charge in [0.05, 0.1) is 17.9 Å². The summed E-state index contributed by atoms with van der Waals surface area (Å²) in [6.07, 6.45) is 0.869. The first-order valence-electron chi connectivity index (χ1n) is 9.10. The van der Waals surface area contributed by atoms with Crippen molar-refractivity contribution in [2.45, 2.75) is 39.8 Å². The molecule has 0 radical (unpaired) electrons. The number of aryl methyl sites for hydroxylation is 1. The molecule has 0 bridgehead atoms. The summed E-state index contributed by atoms with van der Waals surface area (Å²) in [5.74, 6) is 0.916. The number of hydrogen-bond donors (Lipinski definition) is 0. The van der Waals surface area contributed by atoms with Crippen LogP contribution in [0.2, 0.25) is 5.02 Å². The lowest BCUT2D eigenvalue weighted by atomic mass is 10.1. The highest BCUT2D eigenvalue weighted by Gasteiger charge is 2.25. The van der Waals surface area contributed by atoms with Gasteiger partial charge >= 0.3 is 0 Å². The van der Waals surface area contributed by atoms with E-state index in [1.54, 1.807) is 7.11 Å². The van der Waals surface area contributed by atoms with Gasteiger partial charge in [-0.05, 0) is 38.5 Å². The van der Waals surface area contributed by atoms with Gasteiger partial charge < -0.3 is 14.5 Å². The topological polar surface area (TPSA) is 50.6 Å². The van der Waals surface area contributed by atoms with E-state index in [4.69, 9.17) is 21.4 Å². The van der Waals surface area contributed by atoms with Crippen LogP contribution in [0, 0.1) is 6.92 Å². The van der Waals surface area contributed by atoms with Crippen LogP contribution < -0.4 is 4.90 Å². The summed E-state index contributed by atoms with van der Waals surface area (Å²) in [5.41, 5.74) is 2.79. The normalized spacial score (nSPS) is 12.1. The molecule has 1 unspecified atom stereocenters. The lowest BCUT2D eigenvalue weighted by molar-refractivity contribution is -0.138. The second-order valence-electron chi connectivity index (χ2n) is 6.89. The van der Waals surface area contributed by atoms with Crippen LogP contribution in [0.3, 0.4) is 0 Å². The Hall–Kier alpha value is -2.05. The number of halogens is 1. The number of carbonyl (C=O) groups excluding carboxylic acids is 1. The summed E-state index contributed by atoms with van der Waals surface area (Å²) in [5, 5.41) is 5.39. The van der Waals surface area contributed by atoms with Gasteiger partial charge in [0.15, 0.2) is 0 Å². The van der Waals surface area contributed by atoms with E-state index in [-0.39, 0.29) is 18.6 Å². The molecule has 0 saturated heterocycles. The van der Waals surface area contributed by atoms with Gasteiger partial charge in [-0.1, -0.05) is 24.6 Å². The molecule has 1 atom stereocenters. The quantitative estimate of drug-likeness (QED) is 0.687. The zero-order valence-electron chi connectivity index (χ0n) is 17.0. The summed E-state index contributed by atoms with van der Waals surface area (Å²) in [4.78, 5) is 16.5. The van der Waals surface area contributed by atoms with E-state index >= 15 is 0 Å². The fourth-order valence-corrected chi connectivity index (χ4v) is 3.25. The average Bonchev–Trinajstić information content (AvgIpc) is 2.95. The molecule has 7 heteroatoms. The van der Waals surface area contributed by atoms with Crippen molar-refractivity contribution in [2.75, 3.05) is 32.7 Å². The molecule has 2 rings (SSSR count). The van der Waals surface area contributed by atoms with Crippen LogP contribution in [-0.4, -0.2) is 54.4 Å². The summed E-state index contributed by atoms with van der Waals surface area (Å²) in [7, 11) is 5.50. The molecule has 1 heterocycles. The van der Waals surface area contributed by atoms with Gasteiger partial charge in [0.2, 0.25) is 5.91 Å². The molecule has 0 aliphatic carbocycles. The number of nitrogens with zero attached hydrogens (tertiary/aromatic N) is 4. The third-order valence-corrected chi connectivity index (χ3v) is 4.91. The van der Waals surface area contributed by atoms with E-state index in [1.165, 1.54) is 0 Å². The van der Waals surface area contributed by atoms with Gasteiger partial charge in [0.25, 0.3) is 0 Å². The van der Waals surface area contributed by atoms with Crippen molar-refractivity contribution in [1.29, 1.82) is 0 Å². The van der Waals surface area contributed by atoms with Crippen molar-refractivity contribution in [3.63, 3.8) is 0 Å². The summed E-state index contributed by atoms with van der Waals surface area (Å²) in [6, 6.07) is 7.70. The maximum atomic E-state index is 12.6. The molecular weight excluding hydrogens is 364 g/mol. The third kappa shape index (κ3) is 4.82. The molecule has 0 spiro atoms. The Morgan fingerprint density at radius 1 is 1.37 bits per heavy atom. The van der Waals surface area contributed by atoms with Gasteiger partial charge in [0, 0.05) is 37.8 Å². The number of amides is 1. The second kappa shape index (κ2) is 9.24. The third-order valence-electron chi connectivity index (χ3n) is 4.67. The summed E-state index contributed by atoms with van der Waals surface area (Å²) < 4.78 is 6.96. The lowest BCUT2D eigenvalue weighted by Gasteiger charge is -2.29. The van der Waals surface area contributed by atoms with Gasteiger partial charge in [-0.3, -0.25) is 4.79 Å². The Labute approximate surface area is 166 Å². The number of ether oxygens (including phenoxy) is 1. The molecule has 27 heavy (non-hydrogen) atoms. The highest BCUT2D eigenvalue weighted by molar-refractivity contribution is 6.30. The minimum absolute atomic E-state index is 0.0218. The van der Waals surface area contributed by atoms with Crippen LogP contribution in [0.5, 0.6) is 0 Å². The molecular formula is C20H29ClN4O2. The largest absolute Gasteiger partial charge is 0.375 e. The predicted octanol–water partition coefficient (Wildman–Crippen LogP) is 3.67. The van der Waals surface area contributed by atoms with Crippen molar-refractivity contribution in [2.24, 2.45) is 0 Å². The molecule has 0 aliphatic rings. The van der Waals surface area contributed by atoms with E-state index in [9.17, 15) is 4.79 Å². The fourth-order valence-electron chi connectivity index (χ4n) is 3.07. The summed E-state index contributed by atoms with van der Waals surface area (Å²) >= 11 is 6.17.